The van der Waals surface area contributed by atoms with Gasteiger partial charge in [0.15, 0.2) is 0 Å². The Morgan fingerprint density at radius 1 is 1.48 bits per heavy atom. The molecule has 0 radical (unpaired) electrons. The zero-order chi connectivity index (χ0) is 17.6. The monoisotopic (exact) mass is 339 g/mol. The van der Waals surface area contributed by atoms with E-state index < -0.39 is 0 Å². The van der Waals surface area contributed by atoms with E-state index in [1.807, 2.05) is 12.3 Å². The van der Waals surface area contributed by atoms with Gasteiger partial charge in [0.05, 0.1) is 12.5 Å². The van der Waals surface area contributed by atoms with Crippen molar-refractivity contribution in [3.8, 4) is 6.07 Å². The number of aromatic nitrogens is 2. The quantitative estimate of drug-likeness (QED) is 0.877. The van der Waals surface area contributed by atoms with E-state index in [2.05, 4.69) is 33.2 Å². The molecule has 1 fully saturated rings. The van der Waals surface area contributed by atoms with Crippen LogP contribution in [0.2, 0.25) is 0 Å². The number of fused-ring (bicyclic) bond motifs is 1. The number of likely N-dealkylation sites (tertiary alicyclic amines) is 1. The summed E-state index contributed by atoms with van der Waals surface area (Å²) in [6.07, 6.45) is 7.07. The lowest BCUT2D eigenvalue weighted by atomic mass is 9.89. The zero-order valence-corrected chi connectivity index (χ0v) is 14.7. The predicted octanol–water partition coefficient (Wildman–Crippen LogP) is 2.50. The third-order valence-corrected chi connectivity index (χ3v) is 5.14. The molecule has 0 unspecified atom stereocenters. The van der Waals surface area contributed by atoms with Crippen LogP contribution in [0.1, 0.15) is 37.2 Å². The Bertz CT molecular complexity index is 755. The van der Waals surface area contributed by atoms with Crippen molar-refractivity contribution in [2.24, 2.45) is 0 Å². The maximum atomic E-state index is 12.1. The van der Waals surface area contributed by atoms with E-state index in [1.165, 1.54) is 10.9 Å². The maximum absolute atomic E-state index is 12.1. The lowest BCUT2D eigenvalue weighted by Gasteiger charge is -2.32. The highest BCUT2D eigenvalue weighted by Crippen LogP contribution is 2.32. The number of nitrogens with one attached hydrogen (secondary N) is 1. The lowest BCUT2D eigenvalue weighted by molar-refractivity contribution is -0.130. The topological polar surface area (TPSA) is 76.0 Å². The first-order valence-corrected chi connectivity index (χ1v) is 8.94. The molecular formula is C19H25N5O. The standard InChI is InChI=1S/C19H25N5O/c1-23(10-3-8-20)18(25)7-13-24-11-5-15(6-12-24)17-14-22-19-16(17)4-2-9-21-19/h2,4,9,14-15H,3,5-7,10-13H2,1H3,(H,21,22). The molecule has 1 saturated heterocycles. The largest absolute Gasteiger partial charge is 0.346 e. The minimum absolute atomic E-state index is 0.125. The molecule has 25 heavy (non-hydrogen) atoms. The van der Waals surface area contributed by atoms with Crippen molar-refractivity contribution >= 4 is 16.9 Å². The second-order valence-corrected chi connectivity index (χ2v) is 6.73. The van der Waals surface area contributed by atoms with Crippen LogP contribution in [-0.4, -0.2) is 58.9 Å². The van der Waals surface area contributed by atoms with Crippen molar-refractivity contribution in [2.45, 2.75) is 31.6 Å². The highest BCUT2D eigenvalue weighted by molar-refractivity contribution is 5.80. The first-order valence-electron chi connectivity index (χ1n) is 8.94. The number of carbonyl (C=O) groups is 1. The van der Waals surface area contributed by atoms with Crippen molar-refractivity contribution in [2.75, 3.05) is 33.2 Å². The van der Waals surface area contributed by atoms with Gasteiger partial charge in [-0.15, -0.1) is 0 Å². The summed E-state index contributed by atoms with van der Waals surface area (Å²) < 4.78 is 0. The number of hydrogen-bond acceptors (Lipinski definition) is 4. The number of rotatable bonds is 6. The van der Waals surface area contributed by atoms with E-state index in [0.29, 0.717) is 25.3 Å². The van der Waals surface area contributed by atoms with Gasteiger partial charge in [-0.05, 0) is 49.5 Å². The molecule has 0 spiro atoms. The molecular weight excluding hydrogens is 314 g/mol. The molecule has 3 heterocycles. The van der Waals surface area contributed by atoms with E-state index >= 15 is 0 Å². The summed E-state index contributed by atoms with van der Waals surface area (Å²) in [5.41, 5.74) is 2.33. The van der Waals surface area contributed by atoms with Gasteiger partial charge in [-0.25, -0.2) is 4.98 Å². The number of pyridine rings is 1. The summed E-state index contributed by atoms with van der Waals surface area (Å²) >= 11 is 0. The number of aromatic amines is 1. The van der Waals surface area contributed by atoms with Crippen LogP contribution in [0.3, 0.4) is 0 Å². The fourth-order valence-electron chi connectivity index (χ4n) is 3.57. The first-order chi connectivity index (χ1) is 12.2. The molecule has 0 atom stereocenters. The summed E-state index contributed by atoms with van der Waals surface area (Å²) in [4.78, 5) is 23.7. The van der Waals surface area contributed by atoms with Crippen molar-refractivity contribution in [1.29, 1.82) is 5.26 Å². The maximum Gasteiger partial charge on any atom is 0.223 e. The van der Waals surface area contributed by atoms with Crippen LogP contribution < -0.4 is 0 Å². The molecule has 1 aliphatic rings. The Morgan fingerprint density at radius 3 is 3.04 bits per heavy atom. The van der Waals surface area contributed by atoms with Gasteiger partial charge in [0, 0.05) is 44.3 Å². The number of nitriles is 1. The predicted molar refractivity (Wildman–Crippen MR) is 97.0 cm³/mol. The van der Waals surface area contributed by atoms with Gasteiger partial charge in [-0.1, -0.05) is 0 Å². The molecule has 2 aromatic heterocycles. The minimum atomic E-state index is 0.125. The van der Waals surface area contributed by atoms with Gasteiger partial charge in [0.1, 0.15) is 5.65 Å². The lowest BCUT2D eigenvalue weighted by Crippen LogP contribution is -2.37. The first kappa shape index (κ1) is 17.4. The van der Waals surface area contributed by atoms with E-state index in [0.717, 1.165) is 38.1 Å². The average Bonchev–Trinajstić information content (AvgIpc) is 3.08. The molecule has 0 saturated carbocycles. The third-order valence-electron chi connectivity index (χ3n) is 5.14. The van der Waals surface area contributed by atoms with Crippen LogP contribution in [0.15, 0.2) is 24.5 Å². The number of nitrogens with zero attached hydrogens (tertiary/aromatic N) is 4. The van der Waals surface area contributed by atoms with E-state index in [-0.39, 0.29) is 5.91 Å². The Kier molecular flexibility index (Phi) is 5.67. The Hall–Kier alpha value is -2.39. The third kappa shape index (κ3) is 4.18. The molecule has 1 aliphatic heterocycles. The Balaban J connectivity index is 1.48. The molecule has 0 bridgehead atoms. The van der Waals surface area contributed by atoms with Crippen LogP contribution in [0.25, 0.3) is 11.0 Å². The second-order valence-electron chi connectivity index (χ2n) is 6.73. The van der Waals surface area contributed by atoms with Crippen LogP contribution in [0, 0.1) is 11.3 Å². The molecule has 2 aromatic rings. The van der Waals surface area contributed by atoms with E-state index in [1.54, 1.807) is 11.9 Å². The SMILES string of the molecule is CN(CCC#N)C(=O)CCN1CCC(c2c[nH]c3ncccc23)CC1. The summed E-state index contributed by atoms with van der Waals surface area (Å²) in [7, 11) is 1.77. The number of H-pyrrole nitrogens is 1. The second kappa shape index (κ2) is 8.13. The average molecular weight is 339 g/mol. The summed E-state index contributed by atoms with van der Waals surface area (Å²) in [6.45, 7) is 3.36. The van der Waals surface area contributed by atoms with Gasteiger partial charge < -0.3 is 14.8 Å². The molecule has 0 aromatic carbocycles. The van der Waals surface area contributed by atoms with Crippen molar-refractivity contribution in [3.05, 3.63) is 30.1 Å². The van der Waals surface area contributed by atoms with Crippen molar-refractivity contribution in [3.63, 3.8) is 0 Å². The number of carbonyl (C=O) groups excluding carboxylic acids is 1. The molecule has 6 nitrogen and oxygen atoms in total. The molecule has 132 valence electrons. The fraction of sp³-hybridized carbons (Fsp3) is 0.526. The van der Waals surface area contributed by atoms with Crippen molar-refractivity contribution in [1.82, 2.24) is 19.8 Å². The Morgan fingerprint density at radius 2 is 2.28 bits per heavy atom. The summed E-state index contributed by atoms with van der Waals surface area (Å²) in [5, 5.41) is 9.83. The van der Waals surface area contributed by atoms with Gasteiger partial charge in [-0.2, -0.15) is 5.26 Å². The van der Waals surface area contributed by atoms with Gasteiger partial charge in [0.2, 0.25) is 5.91 Å². The molecule has 3 rings (SSSR count). The van der Waals surface area contributed by atoms with Gasteiger partial charge in [-0.3, -0.25) is 4.79 Å². The van der Waals surface area contributed by atoms with Crippen LogP contribution in [0.4, 0.5) is 0 Å². The number of piperidine rings is 1. The molecule has 1 N–H and O–H groups in total. The van der Waals surface area contributed by atoms with Crippen LogP contribution in [0.5, 0.6) is 0 Å². The number of hydrogen-bond donors (Lipinski definition) is 1. The summed E-state index contributed by atoms with van der Waals surface area (Å²) in [6, 6.07) is 6.20. The zero-order valence-electron chi connectivity index (χ0n) is 14.7. The normalized spacial score (nSPS) is 16.0. The molecule has 1 amide bonds. The minimum Gasteiger partial charge on any atom is -0.346 e. The van der Waals surface area contributed by atoms with E-state index in [9.17, 15) is 4.79 Å². The van der Waals surface area contributed by atoms with Gasteiger partial charge in [0.25, 0.3) is 0 Å². The smallest absolute Gasteiger partial charge is 0.223 e. The fourth-order valence-corrected chi connectivity index (χ4v) is 3.57. The molecule has 0 aliphatic carbocycles. The van der Waals surface area contributed by atoms with Crippen molar-refractivity contribution < 1.29 is 4.79 Å². The summed E-state index contributed by atoms with van der Waals surface area (Å²) in [5.74, 6) is 0.684. The Labute approximate surface area is 148 Å². The highest BCUT2D eigenvalue weighted by Gasteiger charge is 2.23. The highest BCUT2D eigenvalue weighted by atomic mass is 16.2. The van der Waals surface area contributed by atoms with E-state index in [4.69, 9.17) is 5.26 Å². The number of amides is 1. The van der Waals surface area contributed by atoms with Gasteiger partial charge >= 0.3 is 0 Å². The van der Waals surface area contributed by atoms with Crippen LogP contribution >= 0.6 is 0 Å². The molecule has 6 heteroatoms. The van der Waals surface area contributed by atoms with Crippen LogP contribution in [-0.2, 0) is 4.79 Å².